The summed E-state index contributed by atoms with van der Waals surface area (Å²) in [6.45, 7) is 0. The Kier molecular flexibility index (Phi) is 3.48. The summed E-state index contributed by atoms with van der Waals surface area (Å²) in [6.07, 6.45) is 2.75. The van der Waals surface area contributed by atoms with Gasteiger partial charge in [-0.3, -0.25) is 0 Å². The summed E-state index contributed by atoms with van der Waals surface area (Å²) >= 11 is 0. The van der Waals surface area contributed by atoms with Gasteiger partial charge >= 0.3 is 0 Å². The average molecular weight is 296 g/mol. The highest BCUT2D eigenvalue weighted by Crippen LogP contribution is 2.42. The van der Waals surface area contributed by atoms with Gasteiger partial charge in [-0.05, 0) is 29.4 Å². The lowest BCUT2D eigenvalue weighted by Crippen LogP contribution is -2.27. The number of hydrogen-bond donors (Lipinski definition) is 4. The Morgan fingerprint density at radius 2 is 1.32 bits per heavy atom. The van der Waals surface area contributed by atoms with Gasteiger partial charge in [-0.2, -0.15) is 0 Å². The summed E-state index contributed by atoms with van der Waals surface area (Å²) in [5.41, 5.74) is 2.30. The molecular formula is C18H16O4. The van der Waals surface area contributed by atoms with Gasteiger partial charge in [-0.15, -0.1) is 0 Å². The minimum Gasteiger partial charge on any atom is -0.507 e. The van der Waals surface area contributed by atoms with E-state index in [4.69, 9.17) is 0 Å². The Hall–Kier alpha value is -2.56. The molecule has 0 spiro atoms. The van der Waals surface area contributed by atoms with Gasteiger partial charge in [0.15, 0.2) is 5.79 Å². The van der Waals surface area contributed by atoms with Crippen molar-refractivity contribution < 1.29 is 20.4 Å². The van der Waals surface area contributed by atoms with Gasteiger partial charge in [0.05, 0.1) is 0 Å². The molecule has 0 amide bonds. The van der Waals surface area contributed by atoms with E-state index in [-0.39, 0.29) is 17.9 Å². The first-order valence-corrected chi connectivity index (χ1v) is 6.92. The Bertz CT molecular complexity index is 772. The maximum absolute atomic E-state index is 10.1. The monoisotopic (exact) mass is 296 g/mol. The average Bonchev–Trinajstić information content (AvgIpc) is 2.48. The normalized spacial score (nSPS) is 16.8. The Morgan fingerprint density at radius 3 is 1.91 bits per heavy atom. The fourth-order valence-electron chi connectivity index (χ4n) is 2.65. The van der Waals surface area contributed by atoms with Crippen molar-refractivity contribution in [2.45, 2.75) is 12.2 Å². The third kappa shape index (κ3) is 2.62. The lowest BCUT2D eigenvalue weighted by Gasteiger charge is -2.27. The Morgan fingerprint density at radius 1 is 0.773 bits per heavy atom. The van der Waals surface area contributed by atoms with E-state index in [1.807, 2.05) is 0 Å². The van der Waals surface area contributed by atoms with Gasteiger partial charge in [0.2, 0.25) is 0 Å². The number of rotatable bonds is 2. The molecular weight excluding hydrogens is 280 g/mol. The molecule has 0 fully saturated rings. The molecule has 4 heteroatoms. The number of benzene rings is 2. The lowest BCUT2D eigenvalue weighted by atomic mass is 9.85. The summed E-state index contributed by atoms with van der Waals surface area (Å²) in [4.78, 5) is 0. The van der Waals surface area contributed by atoms with E-state index >= 15 is 0 Å². The fraction of sp³-hybridized carbons (Fsp3) is 0.111. The van der Waals surface area contributed by atoms with E-state index in [1.54, 1.807) is 54.6 Å². The van der Waals surface area contributed by atoms with E-state index in [0.29, 0.717) is 22.3 Å². The van der Waals surface area contributed by atoms with Crippen LogP contribution in [0.1, 0.15) is 17.5 Å². The molecule has 0 bridgehead atoms. The zero-order valence-electron chi connectivity index (χ0n) is 11.8. The van der Waals surface area contributed by atoms with Crippen LogP contribution < -0.4 is 0 Å². The van der Waals surface area contributed by atoms with Gasteiger partial charge in [0.25, 0.3) is 0 Å². The standard InChI is InChI=1S/C18H16O4/c19-16-7-3-1-5-13(16)12-9-10-18(21,22)11-15(12)14-6-2-4-8-17(14)20/h1-10,19-22H,11H2. The third-order valence-electron chi connectivity index (χ3n) is 3.70. The van der Waals surface area contributed by atoms with Crippen LogP contribution in [0.25, 0.3) is 11.1 Å². The van der Waals surface area contributed by atoms with E-state index < -0.39 is 5.79 Å². The van der Waals surface area contributed by atoms with Crippen molar-refractivity contribution in [3.05, 3.63) is 71.8 Å². The van der Waals surface area contributed by atoms with Crippen LogP contribution in [0, 0.1) is 0 Å². The summed E-state index contributed by atoms with van der Waals surface area (Å²) in [5, 5.41) is 40.0. The SMILES string of the molecule is Oc1ccccc1C1=C(c2ccccc2O)CC(O)(O)C=C1. The van der Waals surface area contributed by atoms with Crippen LogP contribution in [0.2, 0.25) is 0 Å². The second-order valence-electron chi connectivity index (χ2n) is 5.32. The molecule has 0 aromatic heterocycles. The minimum atomic E-state index is -1.98. The van der Waals surface area contributed by atoms with E-state index in [0.717, 1.165) is 0 Å². The molecule has 112 valence electrons. The van der Waals surface area contributed by atoms with Crippen LogP contribution in [0.3, 0.4) is 0 Å². The van der Waals surface area contributed by atoms with Crippen molar-refractivity contribution in [1.29, 1.82) is 0 Å². The van der Waals surface area contributed by atoms with Gasteiger partial charge < -0.3 is 20.4 Å². The van der Waals surface area contributed by atoms with Crippen molar-refractivity contribution in [1.82, 2.24) is 0 Å². The Balaban J connectivity index is 2.24. The van der Waals surface area contributed by atoms with Crippen molar-refractivity contribution in [2.75, 3.05) is 0 Å². The molecule has 2 aromatic rings. The highest BCUT2D eigenvalue weighted by molar-refractivity contribution is 5.99. The second-order valence-corrected chi connectivity index (χ2v) is 5.32. The van der Waals surface area contributed by atoms with Gasteiger partial charge in [-0.1, -0.05) is 42.5 Å². The molecule has 0 saturated heterocycles. The number of allylic oxidation sites excluding steroid dienone is 2. The first kappa shape index (κ1) is 14.4. The molecule has 2 aromatic carbocycles. The van der Waals surface area contributed by atoms with Gasteiger partial charge in [0.1, 0.15) is 11.5 Å². The molecule has 3 rings (SSSR count). The first-order chi connectivity index (χ1) is 10.5. The van der Waals surface area contributed by atoms with Crippen molar-refractivity contribution in [3.8, 4) is 11.5 Å². The number of phenols is 2. The van der Waals surface area contributed by atoms with Gasteiger partial charge in [0, 0.05) is 17.5 Å². The molecule has 0 unspecified atom stereocenters. The number of hydrogen-bond acceptors (Lipinski definition) is 4. The van der Waals surface area contributed by atoms with E-state index in [1.165, 1.54) is 6.08 Å². The number of aliphatic hydroxyl groups is 2. The van der Waals surface area contributed by atoms with Crippen LogP contribution in [0.5, 0.6) is 11.5 Å². The molecule has 1 aliphatic carbocycles. The topological polar surface area (TPSA) is 80.9 Å². The predicted octanol–water partition coefficient (Wildman–Crippen LogP) is 2.65. The number of para-hydroxylation sites is 2. The smallest absolute Gasteiger partial charge is 0.187 e. The summed E-state index contributed by atoms with van der Waals surface area (Å²) < 4.78 is 0. The molecule has 4 nitrogen and oxygen atoms in total. The summed E-state index contributed by atoms with van der Waals surface area (Å²) in [7, 11) is 0. The van der Waals surface area contributed by atoms with Crippen LogP contribution >= 0.6 is 0 Å². The zero-order valence-corrected chi connectivity index (χ0v) is 11.8. The first-order valence-electron chi connectivity index (χ1n) is 6.92. The maximum atomic E-state index is 10.1. The van der Waals surface area contributed by atoms with Crippen LogP contribution in [0.15, 0.2) is 60.7 Å². The van der Waals surface area contributed by atoms with Crippen molar-refractivity contribution in [3.63, 3.8) is 0 Å². The maximum Gasteiger partial charge on any atom is 0.187 e. The summed E-state index contributed by atoms with van der Waals surface area (Å²) in [5.74, 6) is -1.83. The van der Waals surface area contributed by atoms with E-state index in [2.05, 4.69) is 0 Å². The number of aromatic hydroxyl groups is 2. The van der Waals surface area contributed by atoms with Crippen LogP contribution in [-0.2, 0) is 0 Å². The molecule has 22 heavy (non-hydrogen) atoms. The molecule has 0 radical (unpaired) electrons. The van der Waals surface area contributed by atoms with E-state index in [9.17, 15) is 20.4 Å². The van der Waals surface area contributed by atoms with Gasteiger partial charge in [-0.25, -0.2) is 0 Å². The second kappa shape index (κ2) is 5.33. The van der Waals surface area contributed by atoms with Crippen molar-refractivity contribution >= 4 is 11.1 Å². The third-order valence-corrected chi connectivity index (χ3v) is 3.70. The van der Waals surface area contributed by atoms with Crippen LogP contribution in [-0.4, -0.2) is 26.2 Å². The molecule has 4 N–H and O–H groups in total. The largest absolute Gasteiger partial charge is 0.507 e. The predicted molar refractivity (Wildman–Crippen MR) is 84.0 cm³/mol. The Labute approximate surface area is 127 Å². The molecule has 0 atom stereocenters. The molecule has 1 aliphatic rings. The summed E-state index contributed by atoms with van der Waals surface area (Å²) in [6, 6.07) is 13.5. The highest BCUT2D eigenvalue weighted by atomic mass is 16.5. The zero-order chi connectivity index (χ0) is 15.7. The highest BCUT2D eigenvalue weighted by Gasteiger charge is 2.29. The molecule has 0 saturated carbocycles. The van der Waals surface area contributed by atoms with Crippen molar-refractivity contribution in [2.24, 2.45) is 0 Å². The quantitative estimate of drug-likeness (QED) is 0.642. The lowest BCUT2D eigenvalue weighted by molar-refractivity contribution is -0.113. The molecule has 0 heterocycles. The van der Waals surface area contributed by atoms with Crippen LogP contribution in [0.4, 0.5) is 0 Å². The fourth-order valence-corrected chi connectivity index (χ4v) is 2.65. The minimum absolute atomic E-state index is 0.0523. The number of phenolic OH excluding ortho intramolecular Hbond substituents is 2. The molecule has 0 aliphatic heterocycles.